The Balaban J connectivity index is 2.75. The molecule has 0 unspecified atom stereocenters. The minimum atomic E-state index is -1.38. The number of nitrogens with two attached hydrogens (primary N) is 1. The zero-order valence-electron chi connectivity index (χ0n) is 5.58. The summed E-state index contributed by atoms with van der Waals surface area (Å²) in [6, 6.07) is 0. The second-order valence-corrected chi connectivity index (χ2v) is 2.75. The average Bonchev–Trinajstić information content (AvgIpc) is 2.15. The van der Waals surface area contributed by atoms with Gasteiger partial charge in [-0.25, -0.2) is 0 Å². The minimum Gasteiger partial charge on any atom is -0.480 e. The molecule has 0 aromatic rings. The Morgan fingerprint density at radius 2 is 2.30 bits per heavy atom. The zero-order valence-corrected chi connectivity index (χ0v) is 5.58. The fraction of sp³-hybridized carbons (Fsp3) is 0.833. The van der Waals surface area contributed by atoms with Gasteiger partial charge in [-0.15, -0.1) is 0 Å². The summed E-state index contributed by atoms with van der Waals surface area (Å²) in [6.45, 7) is 0. The van der Waals surface area contributed by atoms with E-state index >= 15 is 0 Å². The molecule has 1 rings (SSSR count). The summed E-state index contributed by atoms with van der Waals surface area (Å²) in [4.78, 5) is 10.4. The molecule has 0 aromatic heterocycles. The first-order valence-electron chi connectivity index (χ1n) is 3.28. The first-order valence-corrected chi connectivity index (χ1v) is 3.28. The number of carboxylic acid groups (broad SMARTS) is 1. The molecule has 0 amide bonds. The van der Waals surface area contributed by atoms with Gasteiger partial charge in [0.2, 0.25) is 0 Å². The Hall–Kier alpha value is -0.610. The van der Waals surface area contributed by atoms with E-state index in [9.17, 15) is 4.79 Å². The fourth-order valence-electron chi connectivity index (χ4n) is 1.26. The van der Waals surface area contributed by atoms with E-state index in [4.69, 9.17) is 15.9 Å². The van der Waals surface area contributed by atoms with Crippen LogP contribution in [0, 0.1) is 0 Å². The molecule has 1 aliphatic rings. The molecule has 4 N–H and O–H groups in total. The highest BCUT2D eigenvalue weighted by Gasteiger charge is 2.45. The van der Waals surface area contributed by atoms with Gasteiger partial charge >= 0.3 is 5.97 Å². The number of hydrogen-bond acceptors (Lipinski definition) is 3. The van der Waals surface area contributed by atoms with Crippen molar-refractivity contribution in [1.29, 1.82) is 0 Å². The van der Waals surface area contributed by atoms with Crippen molar-refractivity contribution in [3.8, 4) is 0 Å². The Kier molecular flexibility index (Phi) is 1.66. The maximum atomic E-state index is 10.4. The highest BCUT2D eigenvalue weighted by Crippen LogP contribution is 2.27. The molecule has 1 aliphatic carbocycles. The number of carboxylic acids is 1. The van der Waals surface area contributed by atoms with Crippen LogP contribution in [-0.4, -0.2) is 27.8 Å². The zero-order chi connectivity index (χ0) is 7.78. The van der Waals surface area contributed by atoms with Crippen LogP contribution in [0.2, 0.25) is 0 Å². The standard InChI is InChI=1S/C6H11NO3/c7-6(5(9)10)3-1-2-4(6)8/h4,8H,1-3,7H2,(H,9,10)/t4-,6-/m0/s1. The molecule has 0 spiro atoms. The van der Waals surface area contributed by atoms with Gasteiger partial charge in [0, 0.05) is 0 Å². The van der Waals surface area contributed by atoms with Crippen LogP contribution in [0.1, 0.15) is 19.3 Å². The van der Waals surface area contributed by atoms with E-state index in [0.29, 0.717) is 19.3 Å². The average molecular weight is 145 g/mol. The van der Waals surface area contributed by atoms with E-state index in [0.717, 1.165) is 0 Å². The van der Waals surface area contributed by atoms with Crippen molar-refractivity contribution in [2.24, 2.45) is 5.73 Å². The van der Waals surface area contributed by atoms with Crippen molar-refractivity contribution in [2.45, 2.75) is 30.9 Å². The van der Waals surface area contributed by atoms with Crippen LogP contribution in [0.3, 0.4) is 0 Å². The topological polar surface area (TPSA) is 83.6 Å². The fourth-order valence-corrected chi connectivity index (χ4v) is 1.26. The van der Waals surface area contributed by atoms with E-state index < -0.39 is 17.6 Å². The van der Waals surface area contributed by atoms with Crippen LogP contribution >= 0.6 is 0 Å². The van der Waals surface area contributed by atoms with Gasteiger partial charge in [0.1, 0.15) is 5.54 Å². The summed E-state index contributed by atoms with van der Waals surface area (Å²) in [6.07, 6.45) is 0.709. The van der Waals surface area contributed by atoms with Crippen LogP contribution in [0.5, 0.6) is 0 Å². The molecular formula is C6H11NO3. The van der Waals surface area contributed by atoms with Crippen molar-refractivity contribution in [2.75, 3.05) is 0 Å². The van der Waals surface area contributed by atoms with Gasteiger partial charge in [-0.1, -0.05) is 0 Å². The van der Waals surface area contributed by atoms with Crippen LogP contribution < -0.4 is 5.73 Å². The second kappa shape index (κ2) is 2.21. The van der Waals surface area contributed by atoms with Gasteiger partial charge in [0.05, 0.1) is 6.10 Å². The van der Waals surface area contributed by atoms with Crippen molar-refractivity contribution in [1.82, 2.24) is 0 Å². The SMILES string of the molecule is N[C@@]1(C(=O)O)CCC[C@@H]1O. The molecule has 4 nitrogen and oxygen atoms in total. The van der Waals surface area contributed by atoms with Crippen molar-refractivity contribution in [3.63, 3.8) is 0 Å². The van der Waals surface area contributed by atoms with Crippen molar-refractivity contribution < 1.29 is 15.0 Å². The number of aliphatic hydroxyl groups excluding tert-OH is 1. The van der Waals surface area contributed by atoms with Crippen LogP contribution in [0.25, 0.3) is 0 Å². The van der Waals surface area contributed by atoms with Crippen LogP contribution in [0.4, 0.5) is 0 Å². The molecule has 0 aromatic carbocycles. The number of hydrogen-bond donors (Lipinski definition) is 3. The summed E-state index contributed by atoms with van der Waals surface area (Å²) >= 11 is 0. The van der Waals surface area contributed by atoms with Crippen LogP contribution in [0.15, 0.2) is 0 Å². The Morgan fingerprint density at radius 1 is 1.70 bits per heavy atom. The summed E-state index contributed by atoms with van der Waals surface area (Å²) in [5.41, 5.74) is 4.02. The van der Waals surface area contributed by atoms with Gasteiger partial charge in [-0.2, -0.15) is 0 Å². The van der Waals surface area contributed by atoms with E-state index in [1.165, 1.54) is 0 Å². The number of carbonyl (C=O) groups is 1. The lowest BCUT2D eigenvalue weighted by molar-refractivity contribution is -0.146. The van der Waals surface area contributed by atoms with Gasteiger partial charge in [-0.3, -0.25) is 4.79 Å². The number of rotatable bonds is 1. The molecule has 0 heterocycles. The predicted octanol–water partition coefficient (Wildman–Crippen LogP) is -0.687. The van der Waals surface area contributed by atoms with E-state index in [-0.39, 0.29) is 0 Å². The molecule has 1 fully saturated rings. The number of aliphatic hydroxyl groups is 1. The monoisotopic (exact) mass is 145 g/mol. The quantitative estimate of drug-likeness (QED) is 0.456. The Labute approximate surface area is 58.6 Å². The van der Waals surface area contributed by atoms with Gasteiger partial charge in [-0.05, 0) is 19.3 Å². The van der Waals surface area contributed by atoms with Crippen molar-refractivity contribution >= 4 is 5.97 Å². The second-order valence-electron chi connectivity index (χ2n) is 2.75. The van der Waals surface area contributed by atoms with Gasteiger partial charge < -0.3 is 15.9 Å². The molecule has 1 saturated carbocycles. The molecular weight excluding hydrogens is 134 g/mol. The molecule has 10 heavy (non-hydrogen) atoms. The summed E-state index contributed by atoms with van der Waals surface area (Å²) in [5.74, 6) is -1.10. The first-order chi connectivity index (χ1) is 4.57. The molecule has 0 aliphatic heterocycles. The summed E-state index contributed by atoms with van der Waals surface area (Å²) in [5, 5.41) is 17.7. The third-order valence-corrected chi connectivity index (χ3v) is 2.06. The van der Waals surface area contributed by atoms with Crippen LogP contribution in [-0.2, 0) is 4.79 Å². The largest absolute Gasteiger partial charge is 0.480 e. The molecule has 4 heteroatoms. The first kappa shape index (κ1) is 7.50. The Bertz CT molecular complexity index is 159. The lowest BCUT2D eigenvalue weighted by Crippen LogP contribution is -2.53. The molecule has 2 atom stereocenters. The highest BCUT2D eigenvalue weighted by atomic mass is 16.4. The summed E-state index contributed by atoms with van der Waals surface area (Å²) < 4.78 is 0. The maximum Gasteiger partial charge on any atom is 0.326 e. The third-order valence-electron chi connectivity index (χ3n) is 2.06. The lowest BCUT2D eigenvalue weighted by atomic mass is 9.97. The van der Waals surface area contributed by atoms with E-state index in [2.05, 4.69) is 0 Å². The lowest BCUT2D eigenvalue weighted by Gasteiger charge is -2.21. The Morgan fingerprint density at radius 3 is 2.50 bits per heavy atom. The normalized spacial score (nSPS) is 40.0. The highest BCUT2D eigenvalue weighted by molar-refractivity contribution is 5.79. The number of aliphatic carboxylic acids is 1. The van der Waals surface area contributed by atoms with Crippen molar-refractivity contribution in [3.05, 3.63) is 0 Å². The maximum absolute atomic E-state index is 10.4. The summed E-state index contributed by atoms with van der Waals surface area (Å²) in [7, 11) is 0. The smallest absolute Gasteiger partial charge is 0.326 e. The third kappa shape index (κ3) is 0.892. The molecule has 0 saturated heterocycles. The van der Waals surface area contributed by atoms with E-state index in [1.54, 1.807) is 0 Å². The van der Waals surface area contributed by atoms with Gasteiger partial charge in [0.25, 0.3) is 0 Å². The minimum absolute atomic E-state index is 0.378. The molecule has 0 bridgehead atoms. The predicted molar refractivity (Wildman–Crippen MR) is 34.4 cm³/mol. The van der Waals surface area contributed by atoms with E-state index in [1.807, 2.05) is 0 Å². The molecule has 0 radical (unpaired) electrons. The van der Waals surface area contributed by atoms with Gasteiger partial charge in [0.15, 0.2) is 0 Å². The molecule has 58 valence electrons.